The van der Waals surface area contributed by atoms with E-state index in [1.165, 1.54) is 32.0 Å². The second-order valence-electron chi connectivity index (χ2n) is 7.00. The molecule has 0 spiro atoms. The first-order valence-corrected chi connectivity index (χ1v) is 9.73. The van der Waals surface area contributed by atoms with Crippen LogP contribution in [0.4, 0.5) is 0 Å². The van der Waals surface area contributed by atoms with Crippen LogP contribution in [0, 0.1) is 0 Å². The maximum absolute atomic E-state index is 11.9. The maximum Gasteiger partial charge on any atom is 0.321 e. The number of carbonyl (C=O) groups excluding carboxylic acids is 3. The van der Waals surface area contributed by atoms with Gasteiger partial charge in [0.05, 0.1) is 6.10 Å². The molecule has 0 aliphatic rings. The summed E-state index contributed by atoms with van der Waals surface area (Å²) in [5.41, 5.74) is 6.33. The van der Waals surface area contributed by atoms with Gasteiger partial charge in [0.1, 0.15) is 6.04 Å². The molecule has 0 aliphatic carbocycles. The van der Waals surface area contributed by atoms with Crippen molar-refractivity contribution in [1.29, 1.82) is 0 Å². The van der Waals surface area contributed by atoms with Crippen molar-refractivity contribution in [2.45, 2.75) is 71.4 Å². The zero-order valence-corrected chi connectivity index (χ0v) is 17.7. The number of carbonyl (C=O) groups is 4. The molecule has 0 heterocycles. The van der Waals surface area contributed by atoms with E-state index in [2.05, 4.69) is 0 Å². The predicted octanol–water partition coefficient (Wildman–Crippen LogP) is 2.54. The SMILES string of the molecule is CCCCC(=O)OC(C)CC(c1ccc(OC(C)=O)c(OC(C)=O)c1)[C@H](N)C(=O)O. The summed E-state index contributed by atoms with van der Waals surface area (Å²) in [4.78, 5) is 46.1. The van der Waals surface area contributed by atoms with Crippen LogP contribution in [0.15, 0.2) is 18.2 Å². The van der Waals surface area contributed by atoms with E-state index in [0.717, 1.165) is 6.42 Å². The molecule has 9 heteroatoms. The summed E-state index contributed by atoms with van der Waals surface area (Å²) in [5, 5.41) is 9.43. The van der Waals surface area contributed by atoms with Gasteiger partial charge in [0, 0.05) is 26.2 Å². The molecule has 30 heavy (non-hydrogen) atoms. The van der Waals surface area contributed by atoms with Gasteiger partial charge >= 0.3 is 23.9 Å². The Kier molecular flexibility index (Phi) is 9.97. The van der Waals surface area contributed by atoms with E-state index in [4.69, 9.17) is 19.9 Å². The van der Waals surface area contributed by atoms with Crippen LogP contribution in [-0.4, -0.2) is 41.1 Å². The number of aliphatic carboxylic acids is 1. The molecule has 3 atom stereocenters. The number of carboxylic acid groups (broad SMARTS) is 1. The highest BCUT2D eigenvalue weighted by atomic mass is 16.6. The van der Waals surface area contributed by atoms with Crippen molar-refractivity contribution < 1.29 is 38.5 Å². The second-order valence-corrected chi connectivity index (χ2v) is 7.00. The Bertz CT molecular complexity index is 776. The standard InChI is InChI=1S/C21H29NO8/c1-5-6-7-19(25)28-12(2)10-16(20(22)21(26)27)15-8-9-17(29-13(3)23)18(11-15)30-14(4)24/h8-9,11-12,16,20H,5-7,10,22H2,1-4H3,(H,26,27)/t12?,16?,20-/m0/s1. The number of rotatable bonds is 11. The first-order chi connectivity index (χ1) is 14.0. The summed E-state index contributed by atoms with van der Waals surface area (Å²) in [5.74, 6) is -3.62. The summed E-state index contributed by atoms with van der Waals surface area (Å²) in [6.07, 6.45) is 1.38. The number of unbranched alkanes of at least 4 members (excludes halogenated alkanes) is 1. The monoisotopic (exact) mass is 423 g/mol. The zero-order chi connectivity index (χ0) is 22.8. The van der Waals surface area contributed by atoms with Crippen LogP contribution >= 0.6 is 0 Å². The third-order valence-corrected chi connectivity index (χ3v) is 4.27. The number of ether oxygens (including phenoxy) is 3. The lowest BCUT2D eigenvalue weighted by Crippen LogP contribution is -2.38. The van der Waals surface area contributed by atoms with Crippen LogP contribution in [-0.2, 0) is 23.9 Å². The molecule has 1 aromatic rings. The smallest absolute Gasteiger partial charge is 0.321 e. The Balaban J connectivity index is 3.17. The lowest BCUT2D eigenvalue weighted by molar-refractivity contribution is -0.149. The number of hydrogen-bond donors (Lipinski definition) is 2. The topological polar surface area (TPSA) is 142 Å². The van der Waals surface area contributed by atoms with Gasteiger partial charge in [-0.3, -0.25) is 19.2 Å². The molecular weight excluding hydrogens is 394 g/mol. The molecule has 0 radical (unpaired) electrons. The Morgan fingerprint density at radius 2 is 1.67 bits per heavy atom. The molecule has 0 saturated heterocycles. The van der Waals surface area contributed by atoms with E-state index in [9.17, 15) is 24.3 Å². The Labute approximate surface area is 175 Å². The molecule has 9 nitrogen and oxygen atoms in total. The third-order valence-electron chi connectivity index (χ3n) is 4.27. The van der Waals surface area contributed by atoms with Crippen molar-refractivity contribution in [3.8, 4) is 11.5 Å². The maximum atomic E-state index is 11.9. The van der Waals surface area contributed by atoms with Gasteiger partial charge < -0.3 is 25.1 Å². The minimum absolute atomic E-state index is 0.0168. The van der Waals surface area contributed by atoms with Gasteiger partial charge in [0.25, 0.3) is 0 Å². The molecule has 0 bridgehead atoms. The molecule has 3 N–H and O–H groups in total. The first-order valence-electron chi connectivity index (χ1n) is 9.73. The Hall–Kier alpha value is -2.94. The van der Waals surface area contributed by atoms with E-state index in [0.29, 0.717) is 12.0 Å². The van der Waals surface area contributed by atoms with Gasteiger partial charge in [-0.05, 0) is 37.5 Å². The minimum Gasteiger partial charge on any atom is -0.480 e. The highest BCUT2D eigenvalue weighted by Crippen LogP contribution is 2.34. The molecule has 1 rings (SSSR count). The van der Waals surface area contributed by atoms with E-state index in [1.807, 2.05) is 6.92 Å². The Morgan fingerprint density at radius 1 is 1.07 bits per heavy atom. The van der Waals surface area contributed by atoms with Crippen molar-refractivity contribution >= 4 is 23.9 Å². The summed E-state index contributed by atoms with van der Waals surface area (Å²) in [6, 6.07) is 3.03. The number of benzene rings is 1. The third kappa shape index (κ3) is 8.20. The van der Waals surface area contributed by atoms with E-state index in [-0.39, 0.29) is 30.3 Å². The van der Waals surface area contributed by atoms with Gasteiger partial charge in [0.15, 0.2) is 11.5 Å². The molecule has 0 amide bonds. The summed E-state index contributed by atoms with van der Waals surface area (Å²) in [6.45, 7) is 6.00. The lowest BCUT2D eigenvalue weighted by Gasteiger charge is -2.25. The number of hydrogen-bond acceptors (Lipinski definition) is 8. The van der Waals surface area contributed by atoms with Crippen molar-refractivity contribution in [3.63, 3.8) is 0 Å². The average Bonchev–Trinajstić information content (AvgIpc) is 2.64. The zero-order valence-electron chi connectivity index (χ0n) is 17.7. The normalized spacial score (nSPS) is 13.6. The number of esters is 3. The second kappa shape index (κ2) is 11.9. The van der Waals surface area contributed by atoms with Gasteiger partial charge in [-0.25, -0.2) is 0 Å². The van der Waals surface area contributed by atoms with Crippen LogP contribution in [0.3, 0.4) is 0 Å². The predicted molar refractivity (Wildman–Crippen MR) is 107 cm³/mol. The summed E-state index contributed by atoms with van der Waals surface area (Å²) in [7, 11) is 0. The molecular formula is C21H29NO8. The first kappa shape index (κ1) is 25.1. The fraction of sp³-hybridized carbons (Fsp3) is 0.524. The van der Waals surface area contributed by atoms with E-state index < -0.39 is 36.0 Å². The van der Waals surface area contributed by atoms with Crippen LogP contribution in [0.25, 0.3) is 0 Å². The van der Waals surface area contributed by atoms with E-state index in [1.54, 1.807) is 6.92 Å². The minimum atomic E-state index is -1.30. The highest BCUT2D eigenvalue weighted by Gasteiger charge is 2.30. The number of carboxylic acids is 1. The van der Waals surface area contributed by atoms with Crippen LogP contribution in [0.5, 0.6) is 11.5 Å². The van der Waals surface area contributed by atoms with Gasteiger partial charge in [0.2, 0.25) is 0 Å². The molecule has 1 aromatic carbocycles. The van der Waals surface area contributed by atoms with Crippen molar-refractivity contribution in [3.05, 3.63) is 23.8 Å². The lowest BCUT2D eigenvalue weighted by atomic mass is 9.87. The number of nitrogens with two attached hydrogens (primary N) is 1. The average molecular weight is 423 g/mol. The fourth-order valence-corrected chi connectivity index (χ4v) is 2.90. The highest BCUT2D eigenvalue weighted by molar-refractivity contribution is 5.76. The quantitative estimate of drug-likeness (QED) is 0.405. The van der Waals surface area contributed by atoms with E-state index >= 15 is 0 Å². The molecule has 166 valence electrons. The molecule has 0 aliphatic heterocycles. The van der Waals surface area contributed by atoms with Crippen LogP contribution in [0.2, 0.25) is 0 Å². The largest absolute Gasteiger partial charge is 0.480 e. The molecule has 0 saturated carbocycles. The Morgan fingerprint density at radius 3 is 2.20 bits per heavy atom. The van der Waals surface area contributed by atoms with Gasteiger partial charge in [-0.15, -0.1) is 0 Å². The van der Waals surface area contributed by atoms with Crippen molar-refractivity contribution in [2.24, 2.45) is 5.73 Å². The van der Waals surface area contributed by atoms with Gasteiger partial charge in [-0.1, -0.05) is 19.4 Å². The molecule has 0 fully saturated rings. The summed E-state index contributed by atoms with van der Waals surface area (Å²) >= 11 is 0. The van der Waals surface area contributed by atoms with Crippen LogP contribution < -0.4 is 15.2 Å². The van der Waals surface area contributed by atoms with Crippen molar-refractivity contribution in [2.75, 3.05) is 0 Å². The van der Waals surface area contributed by atoms with Crippen LogP contribution in [0.1, 0.15) is 64.9 Å². The van der Waals surface area contributed by atoms with Crippen molar-refractivity contribution in [1.82, 2.24) is 0 Å². The van der Waals surface area contributed by atoms with Gasteiger partial charge in [-0.2, -0.15) is 0 Å². The molecule has 2 unspecified atom stereocenters. The molecule has 0 aromatic heterocycles. The summed E-state index contributed by atoms with van der Waals surface area (Å²) < 4.78 is 15.5. The fourth-order valence-electron chi connectivity index (χ4n) is 2.90.